The third-order valence-corrected chi connectivity index (χ3v) is 2.42. The van der Waals surface area contributed by atoms with Crippen molar-refractivity contribution in [2.24, 2.45) is 5.73 Å². The zero-order valence-electron chi connectivity index (χ0n) is 11.0. The van der Waals surface area contributed by atoms with E-state index in [1.165, 1.54) is 11.0 Å². The summed E-state index contributed by atoms with van der Waals surface area (Å²) in [7, 11) is 0. The van der Waals surface area contributed by atoms with Gasteiger partial charge in [0.05, 0.1) is 11.9 Å². The predicted molar refractivity (Wildman–Crippen MR) is 72.0 cm³/mol. The van der Waals surface area contributed by atoms with Crippen LogP contribution in [0.2, 0.25) is 0 Å². The highest BCUT2D eigenvalue weighted by atomic mass is 16.2. The number of para-hydroxylation sites is 1. The molecular weight excluding hydrogens is 242 g/mol. The average Bonchev–Trinajstić information content (AvgIpc) is 2.86. The topological polar surface area (TPSA) is 85.8 Å². The van der Waals surface area contributed by atoms with E-state index in [0.29, 0.717) is 6.54 Å². The minimum atomic E-state index is -0.453. The Bertz CT molecular complexity index is 556. The summed E-state index contributed by atoms with van der Waals surface area (Å²) >= 11 is 0. The fourth-order valence-corrected chi connectivity index (χ4v) is 1.45. The Labute approximate surface area is 111 Å². The monoisotopic (exact) mass is 259 g/mol. The van der Waals surface area contributed by atoms with Gasteiger partial charge in [-0.3, -0.25) is 4.79 Å². The first-order valence-corrected chi connectivity index (χ1v) is 6.00. The molecule has 19 heavy (non-hydrogen) atoms. The molecule has 0 fully saturated rings. The summed E-state index contributed by atoms with van der Waals surface area (Å²) in [5.74, 6) is -0.277. The number of hydrogen-bond acceptors (Lipinski definition) is 4. The zero-order valence-corrected chi connectivity index (χ0v) is 11.0. The van der Waals surface area contributed by atoms with Crippen molar-refractivity contribution in [2.45, 2.75) is 19.4 Å². The highest BCUT2D eigenvalue weighted by Gasteiger charge is 2.15. The molecule has 2 aromatic rings. The molecule has 0 unspecified atom stereocenters. The summed E-state index contributed by atoms with van der Waals surface area (Å²) in [6.07, 6.45) is 1.44. The van der Waals surface area contributed by atoms with Gasteiger partial charge in [0.1, 0.15) is 0 Å². The molecule has 0 radical (unpaired) electrons. The van der Waals surface area contributed by atoms with Crippen LogP contribution < -0.4 is 11.1 Å². The van der Waals surface area contributed by atoms with Gasteiger partial charge < -0.3 is 11.1 Å². The van der Waals surface area contributed by atoms with E-state index >= 15 is 0 Å². The fourth-order valence-electron chi connectivity index (χ4n) is 1.45. The van der Waals surface area contributed by atoms with Crippen LogP contribution in [0.25, 0.3) is 5.69 Å². The second kappa shape index (κ2) is 5.19. The summed E-state index contributed by atoms with van der Waals surface area (Å²) in [5.41, 5.74) is 6.43. The highest BCUT2D eigenvalue weighted by Crippen LogP contribution is 2.04. The maximum atomic E-state index is 11.9. The molecule has 6 nitrogen and oxygen atoms in total. The molecule has 1 aromatic heterocycles. The van der Waals surface area contributed by atoms with E-state index in [2.05, 4.69) is 15.5 Å². The molecule has 1 aromatic carbocycles. The second-order valence-electron chi connectivity index (χ2n) is 5.03. The Hall–Kier alpha value is -2.21. The maximum Gasteiger partial charge on any atom is 0.273 e. The van der Waals surface area contributed by atoms with Gasteiger partial charge in [-0.15, -0.1) is 5.10 Å². The van der Waals surface area contributed by atoms with Crippen molar-refractivity contribution in [3.63, 3.8) is 0 Å². The Kier molecular flexibility index (Phi) is 3.62. The summed E-state index contributed by atoms with van der Waals surface area (Å²) < 4.78 is 0. The van der Waals surface area contributed by atoms with Crippen LogP contribution in [0, 0.1) is 0 Å². The van der Waals surface area contributed by atoms with E-state index in [4.69, 9.17) is 5.73 Å². The molecule has 0 atom stereocenters. The van der Waals surface area contributed by atoms with Crippen molar-refractivity contribution >= 4 is 5.91 Å². The first-order valence-electron chi connectivity index (χ1n) is 6.00. The van der Waals surface area contributed by atoms with Crippen LogP contribution in [0.1, 0.15) is 24.3 Å². The largest absolute Gasteiger partial charge is 0.349 e. The van der Waals surface area contributed by atoms with Crippen LogP contribution in [-0.4, -0.2) is 33.0 Å². The van der Waals surface area contributed by atoms with Gasteiger partial charge in [0.15, 0.2) is 5.69 Å². The van der Waals surface area contributed by atoms with Crippen LogP contribution in [0.5, 0.6) is 0 Å². The molecule has 100 valence electrons. The smallest absolute Gasteiger partial charge is 0.273 e. The van der Waals surface area contributed by atoms with Gasteiger partial charge in [0.2, 0.25) is 0 Å². The molecule has 1 heterocycles. The molecular formula is C13H17N5O. The minimum Gasteiger partial charge on any atom is -0.349 e. The number of nitrogens with zero attached hydrogens (tertiary/aromatic N) is 3. The first-order chi connectivity index (χ1) is 8.96. The van der Waals surface area contributed by atoms with Crippen molar-refractivity contribution in [1.29, 1.82) is 0 Å². The molecule has 6 heteroatoms. The van der Waals surface area contributed by atoms with Crippen molar-refractivity contribution in [1.82, 2.24) is 20.3 Å². The van der Waals surface area contributed by atoms with Crippen molar-refractivity contribution in [2.75, 3.05) is 6.54 Å². The number of amides is 1. The van der Waals surface area contributed by atoms with Crippen molar-refractivity contribution in [3.8, 4) is 5.69 Å². The van der Waals surface area contributed by atoms with Gasteiger partial charge >= 0.3 is 0 Å². The molecule has 0 aliphatic heterocycles. The molecule has 0 spiro atoms. The molecule has 0 saturated heterocycles. The number of carbonyl (C=O) groups excluding carboxylic acids is 1. The van der Waals surface area contributed by atoms with Crippen LogP contribution >= 0.6 is 0 Å². The standard InChI is InChI=1S/C13H17N5O/c1-13(2,14)9-15-12(19)11-8-16-18(17-11)10-6-4-3-5-7-10/h3-8H,9,14H2,1-2H3,(H,15,19). The third kappa shape index (κ3) is 3.62. The van der Waals surface area contributed by atoms with Crippen LogP contribution in [0.15, 0.2) is 36.5 Å². The fraction of sp³-hybridized carbons (Fsp3) is 0.308. The van der Waals surface area contributed by atoms with Gasteiger partial charge in [0, 0.05) is 12.1 Å². The quantitative estimate of drug-likeness (QED) is 0.847. The average molecular weight is 259 g/mol. The Morgan fingerprint density at radius 2 is 2.05 bits per heavy atom. The number of nitrogens with two attached hydrogens (primary N) is 1. The van der Waals surface area contributed by atoms with E-state index in [0.717, 1.165) is 5.69 Å². The van der Waals surface area contributed by atoms with E-state index < -0.39 is 5.54 Å². The lowest BCUT2D eigenvalue weighted by molar-refractivity contribution is 0.0940. The van der Waals surface area contributed by atoms with Crippen LogP contribution in [-0.2, 0) is 0 Å². The van der Waals surface area contributed by atoms with Crippen LogP contribution in [0.4, 0.5) is 0 Å². The Morgan fingerprint density at radius 1 is 1.37 bits per heavy atom. The second-order valence-corrected chi connectivity index (χ2v) is 5.03. The number of benzene rings is 1. The van der Waals surface area contributed by atoms with Gasteiger partial charge in [-0.05, 0) is 26.0 Å². The molecule has 2 rings (SSSR count). The van der Waals surface area contributed by atoms with Crippen LogP contribution in [0.3, 0.4) is 0 Å². The van der Waals surface area contributed by atoms with Crippen molar-refractivity contribution < 1.29 is 4.79 Å². The lowest BCUT2D eigenvalue weighted by atomic mass is 10.1. The maximum absolute atomic E-state index is 11.9. The van der Waals surface area contributed by atoms with E-state index in [1.54, 1.807) is 0 Å². The predicted octanol–water partition coefficient (Wildman–Crippen LogP) is 0.734. The molecule has 1 amide bonds. The SMILES string of the molecule is CC(C)(N)CNC(=O)c1cnn(-c2ccccc2)n1. The molecule has 3 N–H and O–H groups in total. The molecule has 0 aliphatic rings. The van der Waals surface area contributed by atoms with Gasteiger partial charge in [0.25, 0.3) is 5.91 Å². The van der Waals surface area contributed by atoms with Gasteiger partial charge in [-0.1, -0.05) is 18.2 Å². The molecule has 0 aliphatic carbocycles. The van der Waals surface area contributed by atoms with Gasteiger partial charge in [-0.25, -0.2) is 0 Å². The number of carbonyl (C=O) groups is 1. The zero-order chi connectivity index (χ0) is 13.9. The first kappa shape index (κ1) is 13.2. The van der Waals surface area contributed by atoms with Gasteiger partial charge in [-0.2, -0.15) is 9.90 Å². The minimum absolute atomic E-state index is 0.271. The number of hydrogen-bond donors (Lipinski definition) is 2. The number of aromatic nitrogens is 3. The summed E-state index contributed by atoms with van der Waals surface area (Å²) in [4.78, 5) is 13.3. The molecule has 0 saturated carbocycles. The van der Waals surface area contributed by atoms with E-state index in [9.17, 15) is 4.79 Å². The Balaban J connectivity index is 2.07. The lowest BCUT2D eigenvalue weighted by Gasteiger charge is -2.18. The Morgan fingerprint density at radius 3 is 2.68 bits per heavy atom. The normalized spacial score (nSPS) is 11.3. The number of nitrogens with one attached hydrogen (secondary N) is 1. The van der Waals surface area contributed by atoms with E-state index in [1.807, 2.05) is 44.2 Å². The summed E-state index contributed by atoms with van der Waals surface area (Å²) in [6.45, 7) is 4.06. The molecule has 0 bridgehead atoms. The van der Waals surface area contributed by atoms with E-state index in [-0.39, 0.29) is 11.6 Å². The third-order valence-electron chi connectivity index (χ3n) is 2.42. The lowest BCUT2D eigenvalue weighted by Crippen LogP contribution is -2.45. The number of rotatable bonds is 4. The summed E-state index contributed by atoms with van der Waals surface area (Å²) in [6, 6.07) is 9.41. The highest BCUT2D eigenvalue weighted by molar-refractivity contribution is 5.91. The summed E-state index contributed by atoms with van der Waals surface area (Å²) in [5, 5.41) is 10.9. The van der Waals surface area contributed by atoms with Crippen molar-refractivity contribution in [3.05, 3.63) is 42.2 Å².